The minimum absolute atomic E-state index is 0.0000401. The second kappa shape index (κ2) is 38.6. The highest BCUT2D eigenvalue weighted by Crippen LogP contribution is 2.47. The quantitative estimate of drug-likeness (QED) is 0.0101. The van der Waals surface area contributed by atoms with Crippen LogP contribution in [0, 0.1) is 0 Å². The molecule has 0 aromatic heterocycles. The van der Waals surface area contributed by atoms with Gasteiger partial charge in [0.25, 0.3) is 0 Å². The summed E-state index contributed by atoms with van der Waals surface area (Å²) < 4.78 is 33.5. The third-order valence-electron chi connectivity index (χ3n) is 10.9. The lowest BCUT2D eigenvalue weighted by atomic mass is 9.85. The Morgan fingerprint density at radius 2 is 1.06 bits per heavy atom. The summed E-state index contributed by atoms with van der Waals surface area (Å²) in [6, 6.07) is 0. The Bertz CT molecular complexity index is 1370. The van der Waals surface area contributed by atoms with Crippen molar-refractivity contribution in [3.05, 3.63) is 60.8 Å². The number of allylic oxidation sites excluding steroid dienone is 8. The Morgan fingerprint density at radius 3 is 1.62 bits per heavy atom. The standard InChI is InChI=1S/C49H85O14P/c1-3-5-7-8-9-10-11-12-13-14-15-16-20-23-26-29-32-36-42(51)60-38-41(39-61-64(58,59)63-49-47(56)45(54)44(53)46(55)48(49)57)62-43(52)37-33-30-27-24-21-18-17-19-22-25-28-31-35-40(50)34-6-4-2/h6,17-18,22,24-25,27-28,31,34,40-41,44-50,53-57H,3-5,7-16,19-21,23,26,29-30,32-33,35-39H2,1-2H3,(H,58,59)/b18-17-,25-22-,27-24-,31-28+,34-6-/t40?,41-,44?,45-,46+,47-,48-,49?/m1/s1. The molecule has 0 amide bonds. The zero-order chi connectivity index (χ0) is 47.3. The van der Waals surface area contributed by atoms with E-state index < -0.39 is 81.8 Å². The number of carbonyl (C=O) groups is 2. The topological polar surface area (TPSA) is 230 Å². The van der Waals surface area contributed by atoms with Crippen molar-refractivity contribution < 1.29 is 68.2 Å². The van der Waals surface area contributed by atoms with Gasteiger partial charge in [-0.05, 0) is 44.9 Å². The maximum atomic E-state index is 12.8. The number of ether oxygens (including phenoxy) is 2. The van der Waals surface area contributed by atoms with Crippen LogP contribution in [-0.4, -0.2) is 110 Å². The minimum Gasteiger partial charge on any atom is -0.462 e. The van der Waals surface area contributed by atoms with Crippen LogP contribution in [0.25, 0.3) is 0 Å². The Balaban J connectivity index is 2.49. The maximum Gasteiger partial charge on any atom is 0.472 e. The lowest BCUT2D eigenvalue weighted by Crippen LogP contribution is -2.64. The molecule has 64 heavy (non-hydrogen) atoms. The molecule has 0 aromatic rings. The van der Waals surface area contributed by atoms with Gasteiger partial charge in [0.2, 0.25) is 0 Å². The Morgan fingerprint density at radius 1 is 0.578 bits per heavy atom. The second-order valence-corrected chi connectivity index (χ2v) is 18.2. The van der Waals surface area contributed by atoms with E-state index >= 15 is 0 Å². The van der Waals surface area contributed by atoms with Crippen LogP contribution < -0.4 is 0 Å². The normalized spacial score (nSPS) is 22.6. The highest BCUT2D eigenvalue weighted by molar-refractivity contribution is 7.47. The number of carbonyl (C=O) groups excluding carboxylic acids is 2. The number of phosphoric ester groups is 1. The van der Waals surface area contributed by atoms with Gasteiger partial charge >= 0.3 is 19.8 Å². The van der Waals surface area contributed by atoms with Gasteiger partial charge in [0, 0.05) is 12.8 Å². The summed E-state index contributed by atoms with van der Waals surface area (Å²) >= 11 is 0. The molecule has 1 aliphatic carbocycles. The van der Waals surface area contributed by atoms with Crippen molar-refractivity contribution in [2.45, 2.75) is 223 Å². The van der Waals surface area contributed by atoms with Crippen molar-refractivity contribution in [2.75, 3.05) is 13.2 Å². The van der Waals surface area contributed by atoms with Crippen molar-refractivity contribution >= 4 is 19.8 Å². The molecule has 1 rings (SSSR count). The summed E-state index contributed by atoms with van der Waals surface area (Å²) in [4.78, 5) is 35.7. The fourth-order valence-corrected chi connectivity index (χ4v) is 8.02. The van der Waals surface area contributed by atoms with Crippen molar-refractivity contribution in [3.8, 4) is 0 Å². The van der Waals surface area contributed by atoms with E-state index in [1.165, 1.54) is 83.5 Å². The number of rotatable bonds is 39. The van der Waals surface area contributed by atoms with Gasteiger partial charge in [-0.2, -0.15) is 0 Å². The predicted molar refractivity (Wildman–Crippen MR) is 250 cm³/mol. The Hall–Kier alpha value is -2.49. The predicted octanol–water partition coefficient (Wildman–Crippen LogP) is 8.70. The molecule has 4 unspecified atom stereocenters. The molecule has 0 aromatic carbocycles. The summed E-state index contributed by atoms with van der Waals surface area (Å²) in [7, 11) is -5.15. The molecular weight excluding hydrogens is 843 g/mol. The zero-order valence-corrected chi connectivity index (χ0v) is 39.8. The highest BCUT2D eigenvalue weighted by atomic mass is 31.2. The van der Waals surface area contributed by atoms with E-state index in [2.05, 4.69) is 6.92 Å². The molecule has 9 atom stereocenters. The molecule has 1 fully saturated rings. The smallest absolute Gasteiger partial charge is 0.462 e. The number of hydrogen-bond donors (Lipinski definition) is 7. The van der Waals surface area contributed by atoms with Crippen LogP contribution >= 0.6 is 7.82 Å². The molecule has 0 bridgehead atoms. The number of unbranched alkanes of at least 4 members (excludes halogenated alkanes) is 17. The molecule has 0 spiro atoms. The average molecular weight is 929 g/mol. The molecule has 0 heterocycles. The third kappa shape index (κ3) is 30.7. The van der Waals surface area contributed by atoms with Gasteiger partial charge in [-0.25, -0.2) is 4.57 Å². The Labute approximate surface area is 384 Å². The first-order valence-electron chi connectivity index (χ1n) is 24.2. The van der Waals surface area contributed by atoms with E-state index in [1.54, 1.807) is 6.08 Å². The fraction of sp³-hybridized carbons (Fsp3) is 0.755. The van der Waals surface area contributed by atoms with Gasteiger partial charge in [0.1, 0.15) is 43.2 Å². The third-order valence-corrected chi connectivity index (χ3v) is 11.9. The summed E-state index contributed by atoms with van der Waals surface area (Å²) in [5, 5.41) is 60.0. The van der Waals surface area contributed by atoms with Crippen LogP contribution in [0.2, 0.25) is 0 Å². The van der Waals surface area contributed by atoms with Crippen molar-refractivity contribution in [2.24, 2.45) is 0 Å². The molecular formula is C49H85O14P. The van der Waals surface area contributed by atoms with Gasteiger partial charge in [-0.1, -0.05) is 177 Å². The second-order valence-electron chi connectivity index (χ2n) is 16.8. The molecule has 15 heteroatoms. The lowest BCUT2D eigenvalue weighted by Gasteiger charge is -2.41. The summed E-state index contributed by atoms with van der Waals surface area (Å²) in [6.45, 7) is 3.03. The van der Waals surface area contributed by atoms with E-state index in [0.29, 0.717) is 32.1 Å². The van der Waals surface area contributed by atoms with E-state index in [4.69, 9.17) is 18.5 Å². The van der Waals surface area contributed by atoms with Crippen LogP contribution in [0.1, 0.15) is 174 Å². The van der Waals surface area contributed by atoms with Gasteiger partial charge in [-0.15, -0.1) is 0 Å². The van der Waals surface area contributed by atoms with E-state index in [0.717, 1.165) is 32.1 Å². The first kappa shape index (κ1) is 59.5. The van der Waals surface area contributed by atoms with E-state index in [-0.39, 0.29) is 12.8 Å². The number of esters is 2. The van der Waals surface area contributed by atoms with Gasteiger partial charge < -0.3 is 45.0 Å². The number of phosphoric acid groups is 1. The number of aliphatic hydroxyl groups excluding tert-OH is 6. The largest absolute Gasteiger partial charge is 0.472 e. The maximum absolute atomic E-state index is 12.8. The van der Waals surface area contributed by atoms with Crippen LogP contribution in [0.3, 0.4) is 0 Å². The molecule has 370 valence electrons. The average Bonchev–Trinajstić information content (AvgIpc) is 3.27. The van der Waals surface area contributed by atoms with Crippen molar-refractivity contribution in [1.82, 2.24) is 0 Å². The highest BCUT2D eigenvalue weighted by Gasteiger charge is 2.51. The summed E-state index contributed by atoms with van der Waals surface area (Å²) in [5.74, 6) is -1.19. The molecule has 7 N–H and O–H groups in total. The molecule has 0 radical (unpaired) electrons. The van der Waals surface area contributed by atoms with Gasteiger partial charge in [0.05, 0.1) is 12.7 Å². The van der Waals surface area contributed by atoms with Crippen LogP contribution in [0.5, 0.6) is 0 Å². The van der Waals surface area contributed by atoms with E-state index in [9.17, 15) is 49.7 Å². The zero-order valence-electron chi connectivity index (χ0n) is 38.9. The van der Waals surface area contributed by atoms with Crippen molar-refractivity contribution in [1.29, 1.82) is 0 Å². The molecule has 0 saturated heterocycles. The van der Waals surface area contributed by atoms with E-state index in [1.807, 2.05) is 61.6 Å². The fourth-order valence-electron chi connectivity index (χ4n) is 7.05. The molecule has 14 nitrogen and oxygen atoms in total. The van der Waals surface area contributed by atoms with Crippen molar-refractivity contribution in [3.63, 3.8) is 0 Å². The summed E-state index contributed by atoms with van der Waals surface area (Å²) in [5.41, 5.74) is 0. The van der Waals surface area contributed by atoms with Crippen LogP contribution in [-0.2, 0) is 32.7 Å². The SMILES string of the molecule is CC/C=C\C(O)C/C=C/C=C\C/C=C\C/C=C\CCCC(=O)O[C@H](COC(=O)CCCCCCCCCCCCCCCCCCC)COP(=O)(O)OC1[C@H](O)[C@H](O)C(O)[C@H](O)[C@H]1O. The number of hydrogen-bond acceptors (Lipinski definition) is 13. The van der Waals surface area contributed by atoms with Crippen LogP contribution in [0.4, 0.5) is 0 Å². The molecule has 1 saturated carbocycles. The molecule has 1 aliphatic rings. The molecule has 0 aliphatic heterocycles. The summed E-state index contributed by atoms with van der Waals surface area (Å²) in [6.07, 6.45) is 30.4. The van der Waals surface area contributed by atoms with Gasteiger partial charge in [-0.3, -0.25) is 18.6 Å². The van der Waals surface area contributed by atoms with Gasteiger partial charge in [0.15, 0.2) is 6.10 Å². The number of aliphatic hydroxyl groups is 6. The minimum atomic E-state index is -5.15. The lowest BCUT2D eigenvalue weighted by molar-refractivity contribution is -0.220. The Kier molecular flexibility index (Phi) is 35.9. The first-order chi connectivity index (χ1) is 30.8. The monoisotopic (exact) mass is 929 g/mol. The first-order valence-corrected chi connectivity index (χ1v) is 25.7. The van der Waals surface area contributed by atoms with Crippen LogP contribution in [0.15, 0.2) is 60.8 Å².